The molecule has 0 aromatic heterocycles. The molecule has 1 aliphatic heterocycles. The maximum Gasteiger partial charge on any atom is 0.410 e. The maximum atomic E-state index is 12.2. The van der Waals surface area contributed by atoms with E-state index in [2.05, 4.69) is 33.9 Å². The number of ether oxygens (including phenoxy) is 1. The smallest absolute Gasteiger partial charge is 0.410 e. The van der Waals surface area contributed by atoms with E-state index < -0.39 is 20.0 Å². The van der Waals surface area contributed by atoms with Gasteiger partial charge in [0.15, 0.2) is 8.32 Å². The minimum absolute atomic E-state index is 0.153. The number of hydrogen-bond acceptors (Lipinski definition) is 4. The lowest BCUT2D eigenvalue weighted by atomic mass is 9.97. The fourth-order valence-corrected chi connectivity index (χ4v) is 3.40. The fourth-order valence-electron chi connectivity index (χ4n) is 2.31. The number of hydrogen-bond donors (Lipinski definition) is 1. The predicted molar refractivity (Wildman–Crippen MR) is 95.1 cm³/mol. The molecule has 5 nitrogen and oxygen atoms in total. The highest BCUT2D eigenvalue weighted by molar-refractivity contribution is 6.74. The molecule has 0 spiro atoms. The lowest BCUT2D eigenvalue weighted by molar-refractivity contribution is -0.0132. The van der Waals surface area contributed by atoms with E-state index >= 15 is 0 Å². The van der Waals surface area contributed by atoms with Gasteiger partial charge in [-0.1, -0.05) is 20.8 Å². The van der Waals surface area contributed by atoms with Gasteiger partial charge in [-0.15, -0.1) is 0 Å². The summed E-state index contributed by atoms with van der Waals surface area (Å²) in [4.78, 5) is 13.8. The van der Waals surface area contributed by atoms with Crippen LogP contribution in [0, 0.1) is 5.92 Å². The van der Waals surface area contributed by atoms with Crippen LogP contribution >= 0.6 is 0 Å². The number of amides is 1. The normalized spacial score (nSPS) is 23.8. The average molecular weight is 346 g/mol. The van der Waals surface area contributed by atoms with Crippen LogP contribution in [0.15, 0.2) is 0 Å². The molecule has 6 heteroatoms. The van der Waals surface area contributed by atoms with E-state index in [1.165, 1.54) is 0 Å². The van der Waals surface area contributed by atoms with Gasteiger partial charge in [0.05, 0.1) is 6.10 Å². The van der Waals surface area contributed by atoms with Crippen molar-refractivity contribution in [3.05, 3.63) is 0 Å². The fraction of sp³-hybridized carbons (Fsp3) is 0.941. The summed E-state index contributed by atoms with van der Waals surface area (Å²) in [5.41, 5.74) is -0.521. The molecule has 1 N–H and O–H groups in total. The third-order valence-electron chi connectivity index (χ3n) is 4.65. The summed E-state index contributed by atoms with van der Waals surface area (Å²) in [5.74, 6) is 0.153. The van der Waals surface area contributed by atoms with Crippen molar-refractivity contribution < 1.29 is 19.1 Å². The Balaban J connectivity index is 2.63. The Morgan fingerprint density at radius 1 is 1.17 bits per heavy atom. The molecule has 1 fully saturated rings. The molecule has 0 aliphatic carbocycles. The van der Waals surface area contributed by atoms with E-state index in [-0.39, 0.29) is 17.0 Å². The topological polar surface area (TPSA) is 59.0 Å². The standard InChI is InChI=1S/C17H35NO4Si/c1-16(2,3)22-15(20)18-10-13(9-14(19)11-18)12-21-23(7,8)17(4,5)6/h13-14,19H,9-12H2,1-8H3. The molecular weight excluding hydrogens is 310 g/mol. The van der Waals surface area contributed by atoms with Crippen molar-refractivity contribution in [1.29, 1.82) is 0 Å². The van der Waals surface area contributed by atoms with E-state index in [0.717, 1.165) is 0 Å². The van der Waals surface area contributed by atoms with E-state index in [0.29, 0.717) is 26.1 Å². The van der Waals surface area contributed by atoms with Gasteiger partial charge >= 0.3 is 6.09 Å². The Labute approximate surface area is 142 Å². The number of piperidine rings is 1. The number of β-amino-alcohol motifs (C(OH)–C–C–N with tert-alkyl or cyclic N) is 1. The molecule has 0 aromatic rings. The number of aliphatic hydroxyl groups excluding tert-OH is 1. The zero-order chi connectivity index (χ0) is 18.1. The zero-order valence-corrected chi connectivity index (χ0v) is 17.1. The summed E-state index contributed by atoms with van der Waals surface area (Å²) in [5, 5.41) is 10.3. The van der Waals surface area contributed by atoms with Crippen LogP contribution in [-0.4, -0.2) is 55.8 Å². The van der Waals surface area contributed by atoms with Crippen LogP contribution in [-0.2, 0) is 9.16 Å². The van der Waals surface area contributed by atoms with Crippen molar-refractivity contribution in [2.45, 2.75) is 77.8 Å². The van der Waals surface area contributed by atoms with Crippen molar-refractivity contribution in [3.8, 4) is 0 Å². The van der Waals surface area contributed by atoms with Crippen LogP contribution in [0.25, 0.3) is 0 Å². The highest BCUT2D eigenvalue weighted by Gasteiger charge is 2.39. The number of likely N-dealkylation sites (tertiary alicyclic amines) is 1. The zero-order valence-electron chi connectivity index (χ0n) is 16.1. The number of nitrogens with zero attached hydrogens (tertiary/aromatic N) is 1. The summed E-state index contributed by atoms with van der Waals surface area (Å²) in [6.45, 7) is 18.1. The molecule has 136 valence electrons. The van der Waals surface area contributed by atoms with Gasteiger partial charge in [-0.2, -0.15) is 0 Å². The Bertz CT molecular complexity index is 412. The highest BCUT2D eigenvalue weighted by Crippen LogP contribution is 2.37. The van der Waals surface area contributed by atoms with Gasteiger partial charge in [0.1, 0.15) is 5.60 Å². The molecular formula is C17H35NO4Si. The summed E-state index contributed by atoms with van der Waals surface area (Å²) < 4.78 is 11.7. The Morgan fingerprint density at radius 3 is 2.22 bits per heavy atom. The molecule has 1 heterocycles. The second-order valence-corrected chi connectivity index (χ2v) is 14.0. The number of rotatable bonds is 3. The monoisotopic (exact) mass is 345 g/mol. The highest BCUT2D eigenvalue weighted by atomic mass is 28.4. The quantitative estimate of drug-likeness (QED) is 0.794. The SMILES string of the molecule is CC(C)(C)OC(=O)N1CC(O)CC(CO[Si](C)(C)C(C)(C)C)C1. The molecule has 1 aliphatic rings. The lowest BCUT2D eigenvalue weighted by Crippen LogP contribution is -2.50. The van der Waals surface area contributed by atoms with Crippen LogP contribution in [0.1, 0.15) is 48.0 Å². The number of carbonyl (C=O) groups is 1. The van der Waals surface area contributed by atoms with E-state index in [4.69, 9.17) is 9.16 Å². The van der Waals surface area contributed by atoms with Gasteiger partial charge in [0, 0.05) is 25.6 Å². The summed E-state index contributed by atoms with van der Waals surface area (Å²) >= 11 is 0. The van der Waals surface area contributed by atoms with Gasteiger partial charge in [-0.3, -0.25) is 0 Å². The minimum atomic E-state index is -1.81. The van der Waals surface area contributed by atoms with Gasteiger partial charge < -0.3 is 19.2 Å². The van der Waals surface area contributed by atoms with Crippen molar-refractivity contribution in [2.24, 2.45) is 5.92 Å². The van der Waals surface area contributed by atoms with Gasteiger partial charge in [0.2, 0.25) is 0 Å². The molecule has 0 radical (unpaired) electrons. The third-order valence-corrected chi connectivity index (χ3v) is 9.15. The molecule has 0 aromatic carbocycles. The molecule has 1 amide bonds. The summed E-state index contributed by atoms with van der Waals surface area (Å²) in [6.07, 6.45) is -0.189. The van der Waals surface area contributed by atoms with Crippen LogP contribution < -0.4 is 0 Å². The average Bonchev–Trinajstić information content (AvgIpc) is 2.32. The summed E-state index contributed by atoms with van der Waals surface area (Å²) in [7, 11) is -1.81. The van der Waals surface area contributed by atoms with E-state index in [1.807, 2.05) is 20.8 Å². The molecule has 1 saturated heterocycles. The second kappa shape index (κ2) is 7.11. The van der Waals surface area contributed by atoms with Crippen LogP contribution in [0.5, 0.6) is 0 Å². The Kier molecular flexibility index (Phi) is 6.32. The first-order chi connectivity index (χ1) is 10.2. The lowest BCUT2D eigenvalue weighted by Gasteiger charge is -2.40. The Hall–Kier alpha value is -0.593. The van der Waals surface area contributed by atoms with E-state index in [1.54, 1.807) is 4.90 Å². The first-order valence-corrected chi connectivity index (χ1v) is 11.4. The molecule has 23 heavy (non-hydrogen) atoms. The van der Waals surface area contributed by atoms with Crippen molar-refractivity contribution in [1.82, 2.24) is 4.90 Å². The van der Waals surface area contributed by atoms with Crippen molar-refractivity contribution in [2.75, 3.05) is 19.7 Å². The Morgan fingerprint density at radius 2 is 1.74 bits per heavy atom. The molecule has 0 bridgehead atoms. The third kappa shape index (κ3) is 6.43. The van der Waals surface area contributed by atoms with Crippen LogP contribution in [0.3, 0.4) is 0 Å². The molecule has 2 atom stereocenters. The first kappa shape index (κ1) is 20.5. The van der Waals surface area contributed by atoms with Gasteiger partial charge in [-0.25, -0.2) is 4.79 Å². The van der Waals surface area contributed by atoms with Crippen molar-refractivity contribution in [3.63, 3.8) is 0 Å². The predicted octanol–water partition coefficient (Wildman–Crippen LogP) is 3.63. The minimum Gasteiger partial charge on any atom is -0.444 e. The van der Waals surface area contributed by atoms with Crippen molar-refractivity contribution >= 4 is 14.4 Å². The van der Waals surface area contributed by atoms with Gasteiger partial charge in [0.25, 0.3) is 0 Å². The molecule has 0 saturated carbocycles. The molecule has 2 unspecified atom stereocenters. The maximum absolute atomic E-state index is 12.2. The first-order valence-electron chi connectivity index (χ1n) is 8.51. The number of carbonyl (C=O) groups excluding carboxylic acids is 1. The molecule has 1 rings (SSSR count). The summed E-state index contributed by atoms with van der Waals surface area (Å²) in [6, 6.07) is 0. The second-order valence-electron chi connectivity index (χ2n) is 9.21. The van der Waals surface area contributed by atoms with Crippen LogP contribution in [0.4, 0.5) is 4.79 Å². The van der Waals surface area contributed by atoms with Crippen LogP contribution in [0.2, 0.25) is 18.1 Å². The number of aliphatic hydroxyl groups is 1. The van der Waals surface area contributed by atoms with Gasteiger partial charge in [-0.05, 0) is 45.3 Å². The van der Waals surface area contributed by atoms with E-state index in [9.17, 15) is 9.90 Å². The largest absolute Gasteiger partial charge is 0.444 e.